The quantitative estimate of drug-likeness (QED) is 0.484. The number of hydrogen-bond donors (Lipinski definition) is 2. The van der Waals surface area contributed by atoms with Gasteiger partial charge in [-0.05, 0) is 30.0 Å². The predicted octanol–water partition coefficient (Wildman–Crippen LogP) is 3.04. The van der Waals surface area contributed by atoms with E-state index in [1.165, 1.54) is 0 Å². The van der Waals surface area contributed by atoms with Gasteiger partial charge < -0.3 is 15.4 Å². The number of rotatable bonds is 6. The number of nitrogens with one attached hydrogen (secondary N) is 2. The molecule has 0 aliphatic heterocycles. The third-order valence-corrected chi connectivity index (χ3v) is 4.06. The molecule has 2 N–H and O–H groups in total. The molecule has 0 saturated heterocycles. The molecule has 0 unspecified atom stereocenters. The molecule has 0 bridgehead atoms. The monoisotopic (exact) mass is 336 g/mol. The normalized spacial score (nSPS) is 14.5. The molecule has 0 amide bonds. The summed E-state index contributed by atoms with van der Waals surface area (Å²) in [6.45, 7) is 1.19. The van der Waals surface area contributed by atoms with Gasteiger partial charge in [-0.25, -0.2) is 4.98 Å². The Labute approximate surface area is 148 Å². The Morgan fingerprint density at radius 2 is 1.96 bits per heavy atom. The van der Waals surface area contributed by atoms with Crippen LogP contribution in [0.2, 0.25) is 0 Å². The number of pyridine rings is 1. The highest BCUT2D eigenvalue weighted by Gasteiger charge is 2.11. The van der Waals surface area contributed by atoms with Gasteiger partial charge in [0.2, 0.25) is 5.88 Å². The summed E-state index contributed by atoms with van der Waals surface area (Å²) in [5.74, 6) is 1.45. The van der Waals surface area contributed by atoms with Crippen LogP contribution in [0.15, 0.2) is 65.8 Å². The van der Waals surface area contributed by atoms with Crippen LogP contribution < -0.4 is 15.4 Å². The summed E-state index contributed by atoms with van der Waals surface area (Å²) in [4.78, 5) is 8.57. The van der Waals surface area contributed by atoms with E-state index >= 15 is 0 Å². The number of aromatic nitrogens is 1. The van der Waals surface area contributed by atoms with E-state index in [0.717, 1.165) is 29.9 Å². The zero-order valence-corrected chi connectivity index (χ0v) is 14.5. The fourth-order valence-corrected chi connectivity index (χ4v) is 2.68. The van der Waals surface area contributed by atoms with E-state index in [1.54, 1.807) is 13.2 Å². The number of nitrogens with zero attached hydrogens (tertiary/aromatic N) is 2. The van der Waals surface area contributed by atoms with Gasteiger partial charge >= 0.3 is 0 Å². The Kier molecular flexibility index (Phi) is 6.04. The Morgan fingerprint density at radius 1 is 1.16 bits per heavy atom. The van der Waals surface area contributed by atoms with Crippen LogP contribution in [-0.4, -0.2) is 24.0 Å². The predicted molar refractivity (Wildman–Crippen MR) is 101 cm³/mol. The first kappa shape index (κ1) is 17.0. The first-order chi connectivity index (χ1) is 12.3. The Morgan fingerprint density at radius 3 is 2.72 bits per heavy atom. The van der Waals surface area contributed by atoms with E-state index in [-0.39, 0.29) is 0 Å². The average Bonchev–Trinajstić information content (AvgIpc) is 3.18. The van der Waals surface area contributed by atoms with Gasteiger partial charge in [-0.15, -0.1) is 0 Å². The van der Waals surface area contributed by atoms with Gasteiger partial charge in [0.25, 0.3) is 0 Å². The van der Waals surface area contributed by atoms with E-state index < -0.39 is 0 Å². The highest BCUT2D eigenvalue weighted by molar-refractivity contribution is 5.80. The molecule has 1 aromatic carbocycles. The van der Waals surface area contributed by atoms with Crippen LogP contribution >= 0.6 is 0 Å². The minimum Gasteiger partial charge on any atom is -0.473 e. The molecular formula is C20H24N4O. The fraction of sp³-hybridized carbons (Fsp3) is 0.300. The molecule has 0 spiro atoms. The van der Waals surface area contributed by atoms with E-state index in [1.807, 2.05) is 42.5 Å². The van der Waals surface area contributed by atoms with Gasteiger partial charge in [0.1, 0.15) is 6.61 Å². The molecule has 0 saturated carbocycles. The largest absolute Gasteiger partial charge is 0.473 e. The standard InChI is InChI=1S/C20H24N4O/c1-21-20(24-18-9-5-6-10-18)23-14-17-11-12-22-19(13-17)25-15-16-7-3-2-4-8-16/h2-8,11-13,18H,9-10,14-15H2,1H3,(H2,21,23,24). The summed E-state index contributed by atoms with van der Waals surface area (Å²) in [5, 5.41) is 6.77. The number of ether oxygens (including phenoxy) is 1. The van der Waals surface area contributed by atoms with Crippen molar-refractivity contribution in [3.63, 3.8) is 0 Å². The second-order valence-electron chi connectivity index (χ2n) is 5.99. The minimum absolute atomic E-state index is 0.438. The second kappa shape index (κ2) is 8.87. The van der Waals surface area contributed by atoms with E-state index in [4.69, 9.17) is 4.74 Å². The lowest BCUT2D eigenvalue weighted by Crippen LogP contribution is -2.42. The minimum atomic E-state index is 0.438. The van der Waals surface area contributed by atoms with Crippen molar-refractivity contribution in [3.8, 4) is 5.88 Å². The SMILES string of the molecule is CN=C(NCc1ccnc(OCc2ccccc2)c1)NC1CC=CC1. The lowest BCUT2D eigenvalue weighted by Gasteiger charge is -2.17. The van der Waals surface area contributed by atoms with E-state index in [0.29, 0.717) is 25.1 Å². The Bertz CT molecular complexity index is 719. The molecule has 1 heterocycles. The number of hydrogen-bond acceptors (Lipinski definition) is 3. The summed E-state index contributed by atoms with van der Waals surface area (Å²) in [7, 11) is 1.79. The molecule has 1 aliphatic carbocycles. The lowest BCUT2D eigenvalue weighted by atomic mass is 10.2. The van der Waals surface area contributed by atoms with Crippen molar-refractivity contribution in [3.05, 3.63) is 71.9 Å². The molecule has 5 heteroatoms. The zero-order chi connectivity index (χ0) is 17.3. The highest BCUT2D eigenvalue weighted by atomic mass is 16.5. The third kappa shape index (κ3) is 5.35. The maximum Gasteiger partial charge on any atom is 0.213 e. The van der Waals surface area contributed by atoms with Gasteiger partial charge in [-0.3, -0.25) is 4.99 Å². The molecule has 25 heavy (non-hydrogen) atoms. The molecule has 3 rings (SSSR count). The van der Waals surface area contributed by atoms with Crippen LogP contribution in [0.4, 0.5) is 0 Å². The van der Waals surface area contributed by atoms with Gasteiger partial charge in [0, 0.05) is 31.9 Å². The van der Waals surface area contributed by atoms with Crippen LogP contribution in [0.25, 0.3) is 0 Å². The smallest absolute Gasteiger partial charge is 0.213 e. The van der Waals surface area contributed by atoms with Crippen molar-refractivity contribution >= 4 is 5.96 Å². The van der Waals surface area contributed by atoms with Gasteiger partial charge in [-0.2, -0.15) is 0 Å². The van der Waals surface area contributed by atoms with Crippen molar-refractivity contribution < 1.29 is 4.74 Å². The van der Waals surface area contributed by atoms with Crippen LogP contribution in [0, 0.1) is 0 Å². The number of aliphatic imine (C=N–C) groups is 1. The molecule has 2 aromatic rings. The number of benzene rings is 1. The van der Waals surface area contributed by atoms with Crippen LogP contribution in [0.1, 0.15) is 24.0 Å². The zero-order valence-electron chi connectivity index (χ0n) is 14.5. The van der Waals surface area contributed by atoms with Crippen molar-refractivity contribution in [1.29, 1.82) is 0 Å². The average molecular weight is 336 g/mol. The van der Waals surface area contributed by atoms with Gasteiger partial charge in [0.05, 0.1) is 0 Å². The fourth-order valence-electron chi connectivity index (χ4n) is 2.68. The van der Waals surface area contributed by atoms with E-state index in [2.05, 4.69) is 32.8 Å². The maximum absolute atomic E-state index is 5.78. The van der Waals surface area contributed by atoms with E-state index in [9.17, 15) is 0 Å². The van der Waals surface area contributed by atoms with Crippen LogP contribution in [0.3, 0.4) is 0 Å². The molecule has 0 radical (unpaired) electrons. The summed E-state index contributed by atoms with van der Waals surface area (Å²) in [6.07, 6.45) is 8.27. The first-order valence-corrected chi connectivity index (χ1v) is 8.57. The second-order valence-corrected chi connectivity index (χ2v) is 5.99. The van der Waals surface area contributed by atoms with Crippen molar-refractivity contribution in [2.75, 3.05) is 7.05 Å². The molecular weight excluding hydrogens is 312 g/mol. The van der Waals surface area contributed by atoms with Crippen molar-refractivity contribution in [2.24, 2.45) is 4.99 Å². The van der Waals surface area contributed by atoms with Gasteiger partial charge in [0.15, 0.2) is 5.96 Å². The molecule has 130 valence electrons. The van der Waals surface area contributed by atoms with Crippen molar-refractivity contribution in [1.82, 2.24) is 15.6 Å². The van der Waals surface area contributed by atoms with Crippen LogP contribution in [-0.2, 0) is 13.2 Å². The summed E-state index contributed by atoms with van der Waals surface area (Å²) in [5.41, 5.74) is 2.23. The Balaban J connectivity index is 1.50. The molecule has 0 atom stereocenters. The first-order valence-electron chi connectivity index (χ1n) is 8.57. The number of guanidine groups is 1. The summed E-state index contributed by atoms with van der Waals surface area (Å²) >= 11 is 0. The maximum atomic E-state index is 5.78. The summed E-state index contributed by atoms with van der Waals surface area (Å²) in [6, 6.07) is 14.5. The molecule has 5 nitrogen and oxygen atoms in total. The van der Waals surface area contributed by atoms with Crippen molar-refractivity contribution in [2.45, 2.75) is 32.0 Å². The topological polar surface area (TPSA) is 58.5 Å². The molecule has 0 fully saturated rings. The lowest BCUT2D eigenvalue weighted by molar-refractivity contribution is 0.293. The van der Waals surface area contributed by atoms with Gasteiger partial charge in [-0.1, -0.05) is 42.5 Å². The summed E-state index contributed by atoms with van der Waals surface area (Å²) < 4.78 is 5.78. The Hall–Kier alpha value is -2.82. The molecule has 1 aliphatic rings. The molecule has 1 aromatic heterocycles. The third-order valence-electron chi connectivity index (χ3n) is 4.06. The van der Waals surface area contributed by atoms with Crippen LogP contribution in [0.5, 0.6) is 5.88 Å². The highest BCUT2D eigenvalue weighted by Crippen LogP contribution is 2.12.